The quantitative estimate of drug-likeness (QED) is 0.791. The van der Waals surface area contributed by atoms with E-state index in [9.17, 15) is 4.79 Å². The molecule has 1 amide bonds. The van der Waals surface area contributed by atoms with Gasteiger partial charge in [0.05, 0.1) is 7.11 Å². The summed E-state index contributed by atoms with van der Waals surface area (Å²) in [7, 11) is 1.64. The van der Waals surface area contributed by atoms with Gasteiger partial charge in [-0.15, -0.1) is 0 Å². The molecule has 0 saturated carbocycles. The largest absolute Gasteiger partial charge is 0.497 e. The number of primary amides is 1. The average Bonchev–Trinajstić information content (AvgIpc) is 2.30. The molecule has 16 heavy (non-hydrogen) atoms. The molecule has 0 bridgehead atoms. The second kappa shape index (κ2) is 6.00. The maximum Gasteiger partial charge on any atom is 0.219 e. The number of carbonyl (C=O) groups excluding carboxylic acids is 1. The molecule has 0 unspecified atom stereocenters. The fraction of sp³-hybridized carbons (Fsp3) is 0.417. The predicted octanol–water partition coefficient (Wildman–Crippen LogP) is 1.40. The summed E-state index contributed by atoms with van der Waals surface area (Å²) in [5.74, 6) is 0.557. The number of nitrogens with zero attached hydrogens (tertiary/aromatic N) is 1. The van der Waals surface area contributed by atoms with Gasteiger partial charge in [-0.3, -0.25) is 4.79 Å². The second-order valence-electron chi connectivity index (χ2n) is 3.49. The van der Waals surface area contributed by atoms with E-state index in [2.05, 4.69) is 4.90 Å². The minimum atomic E-state index is -0.271. The third-order valence-electron chi connectivity index (χ3n) is 2.45. The van der Waals surface area contributed by atoms with Gasteiger partial charge in [-0.05, 0) is 31.2 Å². The highest BCUT2D eigenvalue weighted by Crippen LogP contribution is 2.19. The highest BCUT2D eigenvalue weighted by atomic mass is 16.5. The van der Waals surface area contributed by atoms with Crippen molar-refractivity contribution in [1.29, 1.82) is 0 Å². The first kappa shape index (κ1) is 12.4. The minimum Gasteiger partial charge on any atom is -0.497 e. The Hall–Kier alpha value is -1.71. The van der Waals surface area contributed by atoms with Crippen molar-refractivity contribution in [2.75, 3.05) is 25.1 Å². The van der Waals surface area contributed by atoms with Gasteiger partial charge in [-0.25, -0.2) is 0 Å². The van der Waals surface area contributed by atoms with Crippen molar-refractivity contribution in [3.8, 4) is 5.75 Å². The Morgan fingerprint density at radius 1 is 1.38 bits per heavy atom. The summed E-state index contributed by atoms with van der Waals surface area (Å²) >= 11 is 0. The average molecular weight is 222 g/mol. The summed E-state index contributed by atoms with van der Waals surface area (Å²) in [6, 6.07) is 7.76. The van der Waals surface area contributed by atoms with Crippen LogP contribution in [0.25, 0.3) is 0 Å². The standard InChI is InChI=1S/C12H18N2O2/c1-3-14(9-8-12(13)15)10-4-6-11(16-2)7-5-10/h4-7H,3,8-9H2,1-2H3,(H2,13,15). The molecular formula is C12H18N2O2. The molecule has 4 nitrogen and oxygen atoms in total. The molecule has 2 N–H and O–H groups in total. The molecule has 0 aliphatic heterocycles. The molecule has 4 heteroatoms. The molecular weight excluding hydrogens is 204 g/mol. The van der Waals surface area contributed by atoms with Crippen LogP contribution in [-0.2, 0) is 4.79 Å². The molecule has 0 aliphatic carbocycles. The summed E-state index contributed by atoms with van der Waals surface area (Å²) in [5, 5.41) is 0. The molecule has 1 rings (SSSR count). The first-order valence-electron chi connectivity index (χ1n) is 5.34. The number of rotatable bonds is 6. The van der Waals surface area contributed by atoms with Crippen LogP contribution in [0.4, 0.5) is 5.69 Å². The lowest BCUT2D eigenvalue weighted by atomic mass is 10.2. The number of amides is 1. The molecule has 0 aromatic heterocycles. The first-order chi connectivity index (χ1) is 7.67. The molecule has 0 atom stereocenters. The lowest BCUT2D eigenvalue weighted by molar-refractivity contribution is -0.117. The van der Waals surface area contributed by atoms with E-state index in [4.69, 9.17) is 10.5 Å². The van der Waals surface area contributed by atoms with Gasteiger partial charge in [0.25, 0.3) is 0 Å². The van der Waals surface area contributed by atoms with Crippen LogP contribution in [-0.4, -0.2) is 26.1 Å². The van der Waals surface area contributed by atoms with Gasteiger partial charge >= 0.3 is 0 Å². The zero-order chi connectivity index (χ0) is 12.0. The second-order valence-corrected chi connectivity index (χ2v) is 3.49. The third kappa shape index (κ3) is 3.46. The van der Waals surface area contributed by atoms with Crippen LogP contribution in [0.5, 0.6) is 5.75 Å². The van der Waals surface area contributed by atoms with Crippen LogP contribution in [0.15, 0.2) is 24.3 Å². The number of nitrogens with two attached hydrogens (primary N) is 1. The van der Waals surface area contributed by atoms with Crippen molar-refractivity contribution >= 4 is 11.6 Å². The molecule has 0 saturated heterocycles. The van der Waals surface area contributed by atoms with Crippen LogP contribution in [0.1, 0.15) is 13.3 Å². The smallest absolute Gasteiger partial charge is 0.219 e. The Kier molecular flexibility index (Phi) is 4.64. The van der Waals surface area contributed by atoms with Crippen molar-refractivity contribution in [3.05, 3.63) is 24.3 Å². The van der Waals surface area contributed by atoms with E-state index in [1.165, 1.54) is 0 Å². The number of carbonyl (C=O) groups is 1. The highest BCUT2D eigenvalue weighted by molar-refractivity contribution is 5.74. The molecule has 1 aromatic rings. The fourth-order valence-corrected chi connectivity index (χ4v) is 1.51. The molecule has 0 fully saturated rings. The van der Waals surface area contributed by atoms with Gasteiger partial charge < -0.3 is 15.4 Å². The summed E-state index contributed by atoms with van der Waals surface area (Å²) in [6.45, 7) is 3.54. The molecule has 0 heterocycles. The van der Waals surface area contributed by atoms with Crippen LogP contribution < -0.4 is 15.4 Å². The van der Waals surface area contributed by atoms with Crippen molar-refractivity contribution in [1.82, 2.24) is 0 Å². The number of hydrogen-bond donors (Lipinski definition) is 1. The molecule has 0 radical (unpaired) electrons. The Balaban J connectivity index is 2.66. The SMILES string of the molecule is CCN(CCC(N)=O)c1ccc(OC)cc1. The van der Waals surface area contributed by atoms with Crippen LogP contribution in [0.3, 0.4) is 0 Å². The summed E-state index contributed by atoms with van der Waals surface area (Å²) < 4.78 is 5.09. The zero-order valence-electron chi connectivity index (χ0n) is 9.77. The zero-order valence-corrected chi connectivity index (χ0v) is 9.77. The minimum absolute atomic E-state index is 0.271. The Labute approximate surface area is 96.0 Å². The number of methoxy groups -OCH3 is 1. The molecule has 88 valence electrons. The maximum absolute atomic E-state index is 10.7. The van der Waals surface area contributed by atoms with Gasteiger partial charge in [-0.1, -0.05) is 0 Å². The van der Waals surface area contributed by atoms with E-state index in [0.717, 1.165) is 18.0 Å². The van der Waals surface area contributed by atoms with Crippen molar-refractivity contribution in [2.24, 2.45) is 5.73 Å². The van der Waals surface area contributed by atoms with Crippen molar-refractivity contribution < 1.29 is 9.53 Å². The fourth-order valence-electron chi connectivity index (χ4n) is 1.51. The Morgan fingerprint density at radius 3 is 2.44 bits per heavy atom. The lowest BCUT2D eigenvalue weighted by Crippen LogP contribution is -2.27. The Morgan fingerprint density at radius 2 is 2.00 bits per heavy atom. The first-order valence-corrected chi connectivity index (χ1v) is 5.34. The summed E-state index contributed by atoms with van der Waals surface area (Å²) in [6.07, 6.45) is 0.375. The normalized spacial score (nSPS) is 9.88. The predicted molar refractivity (Wildman–Crippen MR) is 64.7 cm³/mol. The van der Waals surface area contributed by atoms with E-state index in [-0.39, 0.29) is 5.91 Å². The number of hydrogen-bond acceptors (Lipinski definition) is 3. The van der Waals surface area contributed by atoms with E-state index in [1.54, 1.807) is 7.11 Å². The summed E-state index contributed by atoms with van der Waals surface area (Å²) in [5.41, 5.74) is 6.21. The third-order valence-corrected chi connectivity index (χ3v) is 2.45. The van der Waals surface area contributed by atoms with Crippen molar-refractivity contribution in [2.45, 2.75) is 13.3 Å². The van der Waals surface area contributed by atoms with Crippen LogP contribution in [0, 0.1) is 0 Å². The number of anilines is 1. The van der Waals surface area contributed by atoms with Crippen molar-refractivity contribution in [3.63, 3.8) is 0 Å². The number of ether oxygens (including phenoxy) is 1. The van der Waals surface area contributed by atoms with E-state index in [0.29, 0.717) is 13.0 Å². The van der Waals surface area contributed by atoms with E-state index < -0.39 is 0 Å². The Bertz CT molecular complexity index is 335. The van der Waals surface area contributed by atoms with Crippen LogP contribution >= 0.6 is 0 Å². The highest BCUT2D eigenvalue weighted by Gasteiger charge is 2.05. The van der Waals surface area contributed by atoms with Gasteiger partial charge in [0.2, 0.25) is 5.91 Å². The molecule has 1 aromatic carbocycles. The van der Waals surface area contributed by atoms with E-state index >= 15 is 0 Å². The van der Waals surface area contributed by atoms with Gasteiger partial charge in [0.1, 0.15) is 5.75 Å². The van der Waals surface area contributed by atoms with E-state index in [1.807, 2.05) is 31.2 Å². The van der Waals surface area contributed by atoms with Gasteiger partial charge in [0, 0.05) is 25.2 Å². The topological polar surface area (TPSA) is 55.6 Å². The van der Waals surface area contributed by atoms with Crippen LogP contribution in [0.2, 0.25) is 0 Å². The lowest BCUT2D eigenvalue weighted by Gasteiger charge is -2.22. The maximum atomic E-state index is 10.7. The summed E-state index contributed by atoms with van der Waals surface area (Å²) in [4.78, 5) is 12.8. The number of benzene rings is 1. The van der Waals surface area contributed by atoms with Gasteiger partial charge in [-0.2, -0.15) is 0 Å². The molecule has 0 aliphatic rings. The monoisotopic (exact) mass is 222 g/mol. The van der Waals surface area contributed by atoms with Gasteiger partial charge in [0.15, 0.2) is 0 Å². The molecule has 0 spiro atoms.